The summed E-state index contributed by atoms with van der Waals surface area (Å²) in [5, 5.41) is 0. The maximum absolute atomic E-state index is 6.27. The second-order valence-electron chi connectivity index (χ2n) is 6.40. The molecule has 2 aromatic heterocycles. The van der Waals surface area contributed by atoms with Gasteiger partial charge < -0.3 is 15.4 Å². The van der Waals surface area contributed by atoms with Crippen LogP contribution in [-0.2, 0) is 0 Å². The molecule has 0 radical (unpaired) electrons. The van der Waals surface area contributed by atoms with Crippen LogP contribution in [0.1, 0.15) is 27.7 Å². The average molecular weight is 315 g/mol. The fraction of sp³-hybridized carbons (Fsp3) is 0.471. The average Bonchev–Trinajstić information content (AvgIpc) is 2.49. The maximum atomic E-state index is 6.27. The summed E-state index contributed by atoms with van der Waals surface area (Å²) in [7, 11) is 0. The van der Waals surface area contributed by atoms with Crippen LogP contribution in [0, 0.1) is 11.8 Å². The first kappa shape index (κ1) is 17.0. The second-order valence-corrected chi connectivity index (χ2v) is 6.40. The highest BCUT2D eigenvalue weighted by molar-refractivity contribution is 5.68. The molecule has 0 unspecified atom stereocenters. The van der Waals surface area contributed by atoms with Crippen molar-refractivity contribution in [3.63, 3.8) is 0 Å². The van der Waals surface area contributed by atoms with Gasteiger partial charge in [0.1, 0.15) is 17.8 Å². The van der Waals surface area contributed by atoms with Crippen molar-refractivity contribution in [1.82, 2.24) is 15.0 Å². The van der Waals surface area contributed by atoms with Crippen LogP contribution in [0.5, 0.6) is 11.6 Å². The highest BCUT2D eigenvalue weighted by Crippen LogP contribution is 2.31. The fourth-order valence-electron chi connectivity index (χ4n) is 2.35. The largest absolute Gasteiger partial charge is 0.435 e. The van der Waals surface area contributed by atoms with Gasteiger partial charge >= 0.3 is 0 Å². The topological polar surface area (TPSA) is 77.2 Å². The summed E-state index contributed by atoms with van der Waals surface area (Å²) in [4.78, 5) is 14.8. The van der Waals surface area contributed by atoms with Crippen LogP contribution in [-0.4, -0.2) is 28.0 Å². The van der Waals surface area contributed by atoms with Gasteiger partial charge in [0, 0.05) is 19.3 Å². The van der Waals surface area contributed by atoms with E-state index in [1.54, 1.807) is 18.5 Å². The Morgan fingerprint density at radius 1 is 1.13 bits per heavy atom. The highest BCUT2D eigenvalue weighted by Gasteiger charge is 2.18. The van der Waals surface area contributed by atoms with Crippen molar-refractivity contribution >= 4 is 11.5 Å². The van der Waals surface area contributed by atoms with Crippen molar-refractivity contribution in [1.29, 1.82) is 0 Å². The van der Waals surface area contributed by atoms with E-state index < -0.39 is 0 Å². The van der Waals surface area contributed by atoms with E-state index in [-0.39, 0.29) is 0 Å². The van der Waals surface area contributed by atoms with Crippen LogP contribution in [0.25, 0.3) is 0 Å². The lowest BCUT2D eigenvalue weighted by molar-refractivity contribution is 0.461. The fourth-order valence-corrected chi connectivity index (χ4v) is 2.35. The molecule has 0 aliphatic heterocycles. The molecule has 6 nitrogen and oxygen atoms in total. The van der Waals surface area contributed by atoms with Crippen LogP contribution in [0.2, 0.25) is 0 Å². The molecule has 0 aromatic carbocycles. The third-order valence-corrected chi connectivity index (χ3v) is 3.15. The SMILES string of the molecule is CC(C)CN(CC(C)C)c1ncnc(Oc2cccnc2)c1N. The predicted octanol–water partition coefficient (Wildman–Crippen LogP) is 3.36. The van der Waals surface area contributed by atoms with Crippen molar-refractivity contribution in [2.45, 2.75) is 27.7 Å². The Bertz CT molecular complexity index is 606. The number of aromatic nitrogens is 3. The summed E-state index contributed by atoms with van der Waals surface area (Å²) in [5.74, 6) is 2.70. The summed E-state index contributed by atoms with van der Waals surface area (Å²) < 4.78 is 5.74. The summed E-state index contributed by atoms with van der Waals surface area (Å²) in [6, 6.07) is 3.62. The van der Waals surface area contributed by atoms with Gasteiger partial charge in [-0.1, -0.05) is 27.7 Å². The van der Waals surface area contributed by atoms with Crippen molar-refractivity contribution in [2.75, 3.05) is 23.7 Å². The molecule has 23 heavy (non-hydrogen) atoms. The number of nitrogen functional groups attached to an aromatic ring is 1. The van der Waals surface area contributed by atoms with Gasteiger partial charge in [-0.25, -0.2) is 4.98 Å². The van der Waals surface area contributed by atoms with E-state index in [4.69, 9.17) is 10.5 Å². The third kappa shape index (κ3) is 4.81. The summed E-state index contributed by atoms with van der Waals surface area (Å²) in [5.41, 5.74) is 6.73. The summed E-state index contributed by atoms with van der Waals surface area (Å²) in [6.45, 7) is 10.5. The smallest absolute Gasteiger partial charge is 0.248 e. The zero-order chi connectivity index (χ0) is 16.8. The molecule has 124 valence electrons. The van der Waals surface area contributed by atoms with Crippen LogP contribution in [0.15, 0.2) is 30.9 Å². The molecule has 6 heteroatoms. The number of hydrogen-bond acceptors (Lipinski definition) is 6. The minimum Gasteiger partial charge on any atom is -0.435 e. The van der Waals surface area contributed by atoms with E-state index in [1.165, 1.54) is 6.33 Å². The molecule has 0 amide bonds. The van der Waals surface area contributed by atoms with Gasteiger partial charge in [0.05, 0.1) is 6.20 Å². The number of nitrogens with zero attached hydrogens (tertiary/aromatic N) is 4. The Kier molecular flexibility index (Phi) is 5.73. The molecule has 0 saturated carbocycles. The van der Waals surface area contributed by atoms with Gasteiger partial charge in [0.25, 0.3) is 0 Å². The zero-order valence-electron chi connectivity index (χ0n) is 14.2. The number of pyridine rings is 1. The molecular formula is C17H25N5O. The Morgan fingerprint density at radius 2 is 1.83 bits per heavy atom. The normalized spacial score (nSPS) is 11.0. The number of ether oxygens (including phenoxy) is 1. The van der Waals surface area contributed by atoms with Gasteiger partial charge in [-0.15, -0.1) is 0 Å². The molecular weight excluding hydrogens is 290 g/mol. The number of anilines is 2. The molecule has 0 spiro atoms. The molecule has 2 heterocycles. The van der Waals surface area contributed by atoms with E-state index in [1.807, 2.05) is 6.07 Å². The molecule has 0 fully saturated rings. The number of hydrogen-bond donors (Lipinski definition) is 1. The van der Waals surface area contributed by atoms with Gasteiger partial charge in [0.15, 0.2) is 5.82 Å². The Labute approximate surface area is 137 Å². The van der Waals surface area contributed by atoms with Crippen molar-refractivity contribution in [3.05, 3.63) is 30.9 Å². The highest BCUT2D eigenvalue weighted by atomic mass is 16.5. The molecule has 0 atom stereocenters. The first-order valence-corrected chi connectivity index (χ1v) is 7.90. The minimum absolute atomic E-state index is 0.362. The van der Waals surface area contributed by atoms with Crippen LogP contribution >= 0.6 is 0 Å². The van der Waals surface area contributed by atoms with E-state index in [0.29, 0.717) is 29.2 Å². The molecule has 2 N–H and O–H groups in total. The van der Waals surface area contributed by atoms with Crippen LogP contribution in [0.4, 0.5) is 11.5 Å². The lowest BCUT2D eigenvalue weighted by Gasteiger charge is -2.28. The molecule has 0 aliphatic rings. The van der Waals surface area contributed by atoms with Crippen LogP contribution in [0.3, 0.4) is 0 Å². The van der Waals surface area contributed by atoms with Gasteiger partial charge in [0.2, 0.25) is 5.88 Å². The van der Waals surface area contributed by atoms with Crippen molar-refractivity contribution in [2.24, 2.45) is 11.8 Å². The molecule has 0 bridgehead atoms. The quantitative estimate of drug-likeness (QED) is 0.844. The van der Waals surface area contributed by atoms with Gasteiger partial charge in [-0.3, -0.25) is 4.98 Å². The van der Waals surface area contributed by atoms with E-state index >= 15 is 0 Å². The Hall–Kier alpha value is -2.37. The van der Waals surface area contributed by atoms with Crippen molar-refractivity contribution in [3.8, 4) is 11.6 Å². The predicted molar refractivity (Wildman–Crippen MR) is 92.6 cm³/mol. The zero-order valence-corrected chi connectivity index (χ0v) is 14.2. The Morgan fingerprint density at radius 3 is 2.39 bits per heavy atom. The number of nitrogens with two attached hydrogens (primary N) is 1. The first-order valence-electron chi connectivity index (χ1n) is 7.90. The van der Waals surface area contributed by atoms with Gasteiger partial charge in [-0.05, 0) is 24.0 Å². The van der Waals surface area contributed by atoms with Crippen LogP contribution < -0.4 is 15.4 Å². The standard InChI is InChI=1S/C17H25N5O/c1-12(2)9-22(10-13(3)4)16-15(18)17(21-11-20-16)23-14-6-5-7-19-8-14/h5-8,11-13H,9-10,18H2,1-4H3. The van der Waals surface area contributed by atoms with E-state index in [0.717, 1.165) is 18.9 Å². The third-order valence-electron chi connectivity index (χ3n) is 3.15. The van der Waals surface area contributed by atoms with Crippen molar-refractivity contribution < 1.29 is 4.74 Å². The second kappa shape index (κ2) is 7.76. The minimum atomic E-state index is 0.362. The molecule has 2 rings (SSSR count). The number of rotatable bonds is 7. The monoisotopic (exact) mass is 315 g/mol. The summed E-state index contributed by atoms with van der Waals surface area (Å²) >= 11 is 0. The van der Waals surface area contributed by atoms with E-state index in [9.17, 15) is 0 Å². The maximum Gasteiger partial charge on any atom is 0.248 e. The first-order chi connectivity index (χ1) is 11.0. The lowest BCUT2D eigenvalue weighted by atomic mass is 10.1. The summed E-state index contributed by atoms with van der Waals surface area (Å²) in [6.07, 6.45) is 4.81. The molecule has 0 saturated heterocycles. The molecule has 0 aliphatic carbocycles. The van der Waals surface area contributed by atoms with Gasteiger partial charge in [-0.2, -0.15) is 4.98 Å². The Balaban J connectivity index is 2.29. The van der Waals surface area contributed by atoms with E-state index in [2.05, 4.69) is 47.5 Å². The lowest BCUT2D eigenvalue weighted by Crippen LogP contribution is -2.32. The molecule has 2 aromatic rings.